The molecule has 0 saturated carbocycles. The van der Waals surface area contributed by atoms with Crippen molar-refractivity contribution in [1.29, 1.82) is 0 Å². The van der Waals surface area contributed by atoms with Crippen LogP contribution in [0.25, 0.3) is 0 Å². The second-order valence-electron chi connectivity index (χ2n) is 6.31. The highest BCUT2D eigenvalue weighted by atomic mass is 35.5. The lowest BCUT2D eigenvalue weighted by Crippen LogP contribution is -2.54. The van der Waals surface area contributed by atoms with E-state index in [4.69, 9.17) is 9.47 Å². The molecule has 2 fully saturated rings. The fourth-order valence-corrected chi connectivity index (χ4v) is 3.47. The van der Waals surface area contributed by atoms with Gasteiger partial charge in [0.15, 0.2) is 11.5 Å². The van der Waals surface area contributed by atoms with Crippen molar-refractivity contribution in [3.8, 4) is 11.5 Å². The maximum absolute atomic E-state index is 12.9. The quantitative estimate of drug-likeness (QED) is 0.844. The Morgan fingerprint density at radius 1 is 1.08 bits per heavy atom. The first-order chi connectivity index (χ1) is 12.2. The van der Waals surface area contributed by atoms with Crippen molar-refractivity contribution < 1.29 is 19.1 Å². The predicted molar refractivity (Wildman–Crippen MR) is 100 cm³/mol. The molecule has 0 aromatic heterocycles. The fraction of sp³-hybridized carbons (Fsp3) is 0.556. The SMILES string of the molecule is COc1cccc(C(=O)N2CCN(C(=O)C3CCCN3)CC2)c1OC.Cl. The van der Waals surface area contributed by atoms with E-state index in [2.05, 4.69) is 5.32 Å². The summed E-state index contributed by atoms with van der Waals surface area (Å²) in [6, 6.07) is 5.23. The number of rotatable bonds is 4. The van der Waals surface area contributed by atoms with Crippen LogP contribution in [0.4, 0.5) is 0 Å². The Bertz CT molecular complexity index is 641. The Morgan fingerprint density at radius 2 is 1.77 bits per heavy atom. The van der Waals surface area contributed by atoms with Gasteiger partial charge in [0.25, 0.3) is 5.91 Å². The second kappa shape index (κ2) is 9.09. The van der Waals surface area contributed by atoms with E-state index in [1.54, 1.807) is 30.2 Å². The van der Waals surface area contributed by atoms with Crippen molar-refractivity contribution >= 4 is 24.2 Å². The number of benzene rings is 1. The van der Waals surface area contributed by atoms with Gasteiger partial charge in [-0.15, -0.1) is 12.4 Å². The molecule has 1 aromatic rings. The molecule has 0 spiro atoms. The molecule has 8 heteroatoms. The first kappa shape index (κ1) is 20.3. The maximum Gasteiger partial charge on any atom is 0.257 e. The van der Waals surface area contributed by atoms with E-state index in [1.807, 2.05) is 4.90 Å². The van der Waals surface area contributed by atoms with E-state index in [9.17, 15) is 9.59 Å². The number of halogens is 1. The third-order valence-corrected chi connectivity index (χ3v) is 4.87. The van der Waals surface area contributed by atoms with Crippen LogP contribution in [-0.2, 0) is 4.79 Å². The highest BCUT2D eigenvalue weighted by Gasteiger charge is 2.31. The number of ether oxygens (including phenoxy) is 2. The Kier molecular flexibility index (Phi) is 7.11. The molecule has 2 saturated heterocycles. The highest BCUT2D eigenvalue weighted by Crippen LogP contribution is 2.31. The minimum absolute atomic E-state index is 0. The van der Waals surface area contributed by atoms with Crippen LogP contribution in [-0.4, -0.2) is 74.6 Å². The fourth-order valence-electron chi connectivity index (χ4n) is 3.47. The third kappa shape index (κ3) is 4.04. The van der Waals surface area contributed by atoms with Gasteiger partial charge < -0.3 is 24.6 Å². The first-order valence-electron chi connectivity index (χ1n) is 8.68. The largest absolute Gasteiger partial charge is 0.493 e. The smallest absolute Gasteiger partial charge is 0.257 e. The lowest BCUT2D eigenvalue weighted by Gasteiger charge is -2.36. The molecule has 26 heavy (non-hydrogen) atoms. The number of piperazine rings is 1. The topological polar surface area (TPSA) is 71.1 Å². The van der Waals surface area contributed by atoms with Gasteiger partial charge in [0, 0.05) is 26.2 Å². The Hall–Kier alpha value is -1.99. The van der Waals surface area contributed by atoms with Gasteiger partial charge in [0.05, 0.1) is 25.8 Å². The molecule has 1 unspecified atom stereocenters. The molecule has 2 aliphatic heterocycles. The van der Waals surface area contributed by atoms with Crippen LogP contribution in [0.15, 0.2) is 18.2 Å². The van der Waals surface area contributed by atoms with Crippen LogP contribution in [0.1, 0.15) is 23.2 Å². The third-order valence-electron chi connectivity index (χ3n) is 4.87. The summed E-state index contributed by atoms with van der Waals surface area (Å²) in [6.45, 7) is 3.09. The zero-order chi connectivity index (χ0) is 17.8. The van der Waals surface area contributed by atoms with Crippen molar-refractivity contribution in [2.24, 2.45) is 0 Å². The molecular weight excluding hydrogens is 358 g/mol. The van der Waals surface area contributed by atoms with Crippen molar-refractivity contribution in [1.82, 2.24) is 15.1 Å². The monoisotopic (exact) mass is 383 g/mol. The number of nitrogens with one attached hydrogen (secondary N) is 1. The van der Waals surface area contributed by atoms with Gasteiger partial charge in [0.2, 0.25) is 5.91 Å². The standard InChI is InChI=1S/C18H25N3O4.ClH/c1-24-15-7-3-5-13(16(15)25-2)17(22)20-9-11-21(12-10-20)18(23)14-6-4-8-19-14;/h3,5,7,14,19H,4,6,8-12H2,1-2H3;1H. The molecule has 144 valence electrons. The summed E-state index contributed by atoms with van der Waals surface area (Å²) in [7, 11) is 3.08. The Labute approximate surface area is 160 Å². The normalized spacial score (nSPS) is 19.7. The van der Waals surface area contributed by atoms with E-state index < -0.39 is 0 Å². The molecule has 0 bridgehead atoms. The van der Waals surface area contributed by atoms with Gasteiger partial charge in [-0.2, -0.15) is 0 Å². The minimum atomic E-state index is -0.0955. The zero-order valence-corrected chi connectivity index (χ0v) is 16.0. The lowest BCUT2D eigenvalue weighted by molar-refractivity contribution is -0.134. The Morgan fingerprint density at radius 3 is 2.35 bits per heavy atom. The number of hydrogen-bond donors (Lipinski definition) is 1. The highest BCUT2D eigenvalue weighted by molar-refractivity contribution is 5.98. The van der Waals surface area contributed by atoms with Crippen molar-refractivity contribution in [2.75, 3.05) is 46.9 Å². The van der Waals surface area contributed by atoms with Gasteiger partial charge in [-0.25, -0.2) is 0 Å². The van der Waals surface area contributed by atoms with Gasteiger partial charge >= 0.3 is 0 Å². The first-order valence-corrected chi connectivity index (χ1v) is 8.68. The summed E-state index contributed by atoms with van der Waals surface area (Å²) in [4.78, 5) is 28.9. The summed E-state index contributed by atoms with van der Waals surface area (Å²) in [6.07, 6.45) is 1.95. The number of nitrogens with zero attached hydrogens (tertiary/aromatic N) is 2. The van der Waals surface area contributed by atoms with Gasteiger partial charge in [-0.1, -0.05) is 6.07 Å². The summed E-state index contributed by atoms with van der Waals surface area (Å²) in [5, 5.41) is 3.24. The number of amides is 2. The average molecular weight is 384 g/mol. The van der Waals surface area contributed by atoms with Crippen LogP contribution >= 0.6 is 12.4 Å². The molecule has 0 radical (unpaired) electrons. The van der Waals surface area contributed by atoms with E-state index in [0.717, 1.165) is 19.4 Å². The van der Waals surface area contributed by atoms with Crippen LogP contribution in [0, 0.1) is 0 Å². The summed E-state index contributed by atoms with van der Waals surface area (Å²) in [5.41, 5.74) is 0.485. The van der Waals surface area contributed by atoms with E-state index in [0.29, 0.717) is 43.2 Å². The number of para-hydroxylation sites is 1. The van der Waals surface area contributed by atoms with Crippen LogP contribution in [0.5, 0.6) is 11.5 Å². The van der Waals surface area contributed by atoms with E-state index >= 15 is 0 Å². The predicted octanol–water partition coefficient (Wildman–Crippen LogP) is 1.16. The number of carbonyl (C=O) groups is 2. The number of methoxy groups -OCH3 is 2. The van der Waals surface area contributed by atoms with Crippen LogP contribution < -0.4 is 14.8 Å². The van der Waals surface area contributed by atoms with Crippen LogP contribution in [0.2, 0.25) is 0 Å². The van der Waals surface area contributed by atoms with Crippen molar-refractivity contribution in [3.05, 3.63) is 23.8 Å². The maximum atomic E-state index is 12.9. The molecule has 3 rings (SSSR count). The lowest BCUT2D eigenvalue weighted by atomic mass is 10.1. The molecule has 0 aliphatic carbocycles. The van der Waals surface area contributed by atoms with Crippen LogP contribution in [0.3, 0.4) is 0 Å². The Balaban J connectivity index is 0.00000243. The van der Waals surface area contributed by atoms with Gasteiger partial charge in [0.1, 0.15) is 0 Å². The van der Waals surface area contributed by atoms with Crippen molar-refractivity contribution in [2.45, 2.75) is 18.9 Å². The van der Waals surface area contributed by atoms with E-state index in [1.165, 1.54) is 7.11 Å². The number of hydrogen-bond acceptors (Lipinski definition) is 5. The van der Waals surface area contributed by atoms with Crippen molar-refractivity contribution in [3.63, 3.8) is 0 Å². The summed E-state index contributed by atoms with van der Waals surface area (Å²) < 4.78 is 10.6. The summed E-state index contributed by atoms with van der Waals surface area (Å²) in [5.74, 6) is 1.04. The van der Waals surface area contributed by atoms with Gasteiger partial charge in [-0.3, -0.25) is 9.59 Å². The summed E-state index contributed by atoms with van der Waals surface area (Å²) >= 11 is 0. The second-order valence-corrected chi connectivity index (χ2v) is 6.31. The molecule has 2 heterocycles. The van der Waals surface area contributed by atoms with E-state index in [-0.39, 0.29) is 30.3 Å². The molecule has 2 amide bonds. The molecule has 2 aliphatic rings. The molecule has 1 N–H and O–H groups in total. The average Bonchev–Trinajstić information content (AvgIpc) is 3.21. The number of carbonyl (C=O) groups excluding carboxylic acids is 2. The van der Waals surface area contributed by atoms with Gasteiger partial charge in [-0.05, 0) is 31.5 Å². The molecular formula is C18H26ClN3O4. The minimum Gasteiger partial charge on any atom is -0.493 e. The zero-order valence-electron chi connectivity index (χ0n) is 15.2. The molecule has 7 nitrogen and oxygen atoms in total. The molecule has 1 aromatic carbocycles. The molecule has 1 atom stereocenters.